The number of fused-ring (bicyclic) bond motifs is 1. The average Bonchev–Trinajstić information content (AvgIpc) is 2.69. The van der Waals surface area contributed by atoms with Crippen LogP contribution < -0.4 is 4.90 Å². The van der Waals surface area contributed by atoms with Gasteiger partial charge in [-0.1, -0.05) is 42.5 Å². The number of aromatic nitrogens is 1. The van der Waals surface area contributed by atoms with Crippen molar-refractivity contribution in [1.82, 2.24) is 4.98 Å². The standard InChI is InChI=1S/C24H26N2/c1-18-10-11-20(23-9-5-4-8-22(18)23)12-13-21-16-24(19(2)17-25-21)26-14-6-3-7-15-26/h4-5,8-13,16-17H,3,6-7,14-15H2,1-2H3/b13-12-. The van der Waals surface area contributed by atoms with Crippen LogP contribution in [0.4, 0.5) is 5.69 Å². The Morgan fingerprint density at radius 2 is 1.62 bits per heavy atom. The fourth-order valence-corrected chi connectivity index (χ4v) is 3.89. The molecule has 0 radical (unpaired) electrons. The van der Waals surface area contributed by atoms with Gasteiger partial charge in [0.15, 0.2) is 0 Å². The summed E-state index contributed by atoms with van der Waals surface area (Å²) in [6, 6.07) is 15.3. The van der Waals surface area contributed by atoms with Crippen LogP contribution in [0.1, 0.15) is 41.6 Å². The van der Waals surface area contributed by atoms with E-state index in [-0.39, 0.29) is 0 Å². The summed E-state index contributed by atoms with van der Waals surface area (Å²) in [6.07, 6.45) is 10.3. The third-order valence-electron chi connectivity index (χ3n) is 5.40. The molecule has 1 saturated heterocycles. The van der Waals surface area contributed by atoms with E-state index in [1.807, 2.05) is 6.20 Å². The predicted octanol–water partition coefficient (Wildman–Crippen LogP) is 6.01. The highest BCUT2D eigenvalue weighted by Crippen LogP contribution is 2.26. The normalized spacial score (nSPS) is 15.1. The zero-order valence-electron chi connectivity index (χ0n) is 15.7. The number of rotatable bonds is 3. The van der Waals surface area contributed by atoms with Gasteiger partial charge in [0.2, 0.25) is 0 Å². The van der Waals surface area contributed by atoms with E-state index in [0.29, 0.717) is 0 Å². The molecule has 0 amide bonds. The summed E-state index contributed by atoms with van der Waals surface area (Å²) in [7, 11) is 0. The SMILES string of the molecule is Cc1cnc(/C=C\c2ccc(C)c3ccccc23)cc1N1CCCCC1. The van der Waals surface area contributed by atoms with E-state index < -0.39 is 0 Å². The molecule has 2 heteroatoms. The first-order valence-corrected chi connectivity index (χ1v) is 9.60. The number of pyridine rings is 1. The summed E-state index contributed by atoms with van der Waals surface area (Å²) >= 11 is 0. The van der Waals surface area contributed by atoms with Crippen LogP contribution in [-0.4, -0.2) is 18.1 Å². The molecule has 0 atom stereocenters. The smallest absolute Gasteiger partial charge is 0.0650 e. The van der Waals surface area contributed by atoms with Crippen molar-refractivity contribution < 1.29 is 0 Å². The molecule has 0 N–H and O–H groups in total. The van der Waals surface area contributed by atoms with E-state index in [1.54, 1.807) is 0 Å². The molecule has 26 heavy (non-hydrogen) atoms. The fourth-order valence-electron chi connectivity index (χ4n) is 3.89. The summed E-state index contributed by atoms with van der Waals surface area (Å²) < 4.78 is 0. The van der Waals surface area contributed by atoms with E-state index in [1.165, 1.54) is 52.4 Å². The van der Waals surface area contributed by atoms with Gasteiger partial charge in [-0.15, -0.1) is 0 Å². The zero-order chi connectivity index (χ0) is 17.9. The number of piperidine rings is 1. The molecule has 0 bridgehead atoms. The van der Waals surface area contributed by atoms with Gasteiger partial charge < -0.3 is 4.90 Å². The quantitative estimate of drug-likeness (QED) is 0.579. The van der Waals surface area contributed by atoms with Crippen molar-refractivity contribution in [2.24, 2.45) is 0 Å². The highest BCUT2D eigenvalue weighted by molar-refractivity contribution is 5.94. The molecule has 2 heterocycles. The lowest BCUT2D eigenvalue weighted by atomic mass is 10.00. The van der Waals surface area contributed by atoms with Gasteiger partial charge in [0.05, 0.1) is 5.69 Å². The molecule has 4 rings (SSSR count). The second-order valence-electron chi connectivity index (χ2n) is 7.29. The summed E-state index contributed by atoms with van der Waals surface area (Å²) in [5.41, 5.74) is 6.20. The van der Waals surface area contributed by atoms with Crippen molar-refractivity contribution in [1.29, 1.82) is 0 Å². The maximum absolute atomic E-state index is 4.63. The Bertz CT molecular complexity index is 950. The third-order valence-corrected chi connectivity index (χ3v) is 5.40. The van der Waals surface area contributed by atoms with E-state index in [9.17, 15) is 0 Å². The van der Waals surface area contributed by atoms with Gasteiger partial charge in [0.25, 0.3) is 0 Å². The topological polar surface area (TPSA) is 16.1 Å². The van der Waals surface area contributed by atoms with Crippen LogP contribution in [0.25, 0.3) is 22.9 Å². The van der Waals surface area contributed by atoms with Gasteiger partial charge in [-0.2, -0.15) is 0 Å². The van der Waals surface area contributed by atoms with Crippen LogP contribution in [-0.2, 0) is 0 Å². The van der Waals surface area contributed by atoms with Crippen LogP contribution >= 0.6 is 0 Å². The molecular weight excluding hydrogens is 316 g/mol. The summed E-state index contributed by atoms with van der Waals surface area (Å²) in [5.74, 6) is 0. The lowest BCUT2D eigenvalue weighted by Gasteiger charge is -2.30. The highest BCUT2D eigenvalue weighted by atomic mass is 15.1. The largest absolute Gasteiger partial charge is 0.371 e. The average molecular weight is 342 g/mol. The molecule has 0 saturated carbocycles. The predicted molar refractivity (Wildman–Crippen MR) is 113 cm³/mol. The van der Waals surface area contributed by atoms with Crippen LogP contribution in [0, 0.1) is 13.8 Å². The summed E-state index contributed by atoms with van der Waals surface area (Å²) in [5, 5.41) is 2.62. The Hall–Kier alpha value is -2.61. The molecule has 0 aliphatic carbocycles. The van der Waals surface area contributed by atoms with E-state index in [4.69, 9.17) is 0 Å². The maximum atomic E-state index is 4.63. The van der Waals surface area contributed by atoms with E-state index >= 15 is 0 Å². The van der Waals surface area contributed by atoms with Crippen molar-refractivity contribution in [3.63, 3.8) is 0 Å². The molecule has 1 aliphatic heterocycles. The molecule has 1 fully saturated rings. The molecule has 2 aromatic carbocycles. The Kier molecular flexibility index (Phi) is 4.75. The molecule has 2 nitrogen and oxygen atoms in total. The Labute approximate surface area is 156 Å². The number of nitrogens with zero attached hydrogens (tertiary/aromatic N) is 2. The van der Waals surface area contributed by atoms with Crippen LogP contribution in [0.5, 0.6) is 0 Å². The van der Waals surface area contributed by atoms with Gasteiger partial charge in [0, 0.05) is 25.0 Å². The number of hydrogen-bond donors (Lipinski definition) is 0. The van der Waals surface area contributed by atoms with Crippen LogP contribution in [0.2, 0.25) is 0 Å². The van der Waals surface area contributed by atoms with Crippen molar-refractivity contribution >= 4 is 28.6 Å². The fraction of sp³-hybridized carbons (Fsp3) is 0.292. The Balaban J connectivity index is 1.66. The second kappa shape index (κ2) is 7.33. The van der Waals surface area contributed by atoms with Crippen molar-refractivity contribution in [2.75, 3.05) is 18.0 Å². The lowest BCUT2D eigenvalue weighted by molar-refractivity contribution is 0.577. The minimum absolute atomic E-state index is 1.03. The van der Waals surface area contributed by atoms with E-state index in [0.717, 1.165) is 18.8 Å². The Morgan fingerprint density at radius 1 is 0.846 bits per heavy atom. The van der Waals surface area contributed by atoms with Crippen LogP contribution in [0.3, 0.4) is 0 Å². The first-order valence-electron chi connectivity index (χ1n) is 9.60. The van der Waals surface area contributed by atoms with Crippen molar-refractivity contribution in [2.45, 2.75) is 33.1 Å². The van der Waals surface area contributed by atoms with Crippen molar-refractivity contribution in [3.8, 4) is 0 Å². The van der Waals surface area contributed by atoms with Gasteiger partial charge in [-0.3, -0.25) is 4.98 Å². The Morgan fingerprint density at radius 3 is 2.42 bits per heavy atom. The van der Waals surface area contributed by atoms with Gasteiger partial charge in [-0.05, 0) is 72.7 Å². The number of anilines is 1. The first-order chi connectivity index (χ1) is 12.7. The lowest BCUT2D eigenvalue weighted by Crippen LogP contribution is -2.30. The van der Waals surface area contributed by atoms with Gasteiger partial charge in [0.1, 0.15) is 0 Å². The molecule has 0 spiro atoms. The summed E-state index contributed by atoms with van der Waals surface area (Å²) in [4.78, 5) is 7.15. The minimum atomic E-state index is 1.03. The molecule has 1 aliphatic rings. The molecule has 0 unspecified atom stereocenters. The molecule has 3 aromatic rings. The monoisotopic (exact) mass is 342 g/mol. The number of hydrogen-bond acceptors (Lipinski definition) is 2. The summed E-state index contributed by atoms with van der Waals surface area (Å²) in [6.45, 7) is 6.66. The number of aryl methyl sites for hydroxylation is 2. The van der Waals surface area contributed by atoms with Crippen LogP contribution in [0.15, 0.2) is 48.7 Å². The zero-order valence-corrected chi connectivity index (χ0v) is 15.7. The van der Waals surface area contributed by atoms with E-state index in [2.05, 4.69) is 78.3 Å². The molecule has 1 aromatic heterocycles. The molecular formula is C24H26N2. The minimum Gasteiger partial charge on any atom is -0.371 e. The maximum Gasteiger partial charge on any atom is 0.0650 e. The van der Waals surface area contributed by atoms with Gasteiger partial charge in [-0.25, -0.2) is 0 Å². The second-order valence-corrected chi connectivity index (χ2v) is 7.29. The first kappa shape index (κ1) is 16.8. The van der Waals surface area contributed by atoms with Gasteiger partial charge >= 0.3 is 0 Å². The highest BCUT2D eigenvalue weighted by Gasteiger charge is 2.13. The third kappa shape index (κ3) is 3.37. The van der Waals surface area contributed by atoms with Crippen molar-refractivity contribution in [3.05, 3.63) is 71.0 Å². The molecule has 132 valence electrons. The number of benzene rings is 2.